The molecule has 124 valence electrons. The first-order valence-corrected chi connectivity index (χ1v) is 7.64. The Morgan fingerprint density at radius 2 is 2.17 bits per heavy atom. The van der Waals surface area contributed by atoms with Crippen molar-refractivity contribution in [3.8, 4) is 5.75 Å². The fraction of sp³-hybridized carbons (Fsp3) is 0.500. The molecule has 5 nitrogen and oxygen atoms in total. The van der Waals surface area contributed by atoms with Gasteiger partial charge in [-0.15, -0.1) is 0 Å². The van der Waals surface area contributed by atoms with Crippen molar-refractivity contribution in [2.45, 2.75) is 39.0 Å². The van der Waals surface area contributed by atoms with Crippen LogP contribution >= 0.6 is 0 Å². The summed E-state index contributed by atoms with van der Waals surface area (Å²) < 4.78 is 36.0. The Morgan fingerprint density at radius 1 is 1.39 bits per heavy atom. The zero-order chi connectivity index (χ0) is 16.4. The number of rotatable bonds is 7. The van der Waals surface area contributed by atoms with Crippen LogP contribution in [0.1, 0.15) is 19.8 Å². The first kappa shape index (κ1) is 15.9. The number of aromatic nitrogens is 2. The summed E-state index contributed by atoms with van der Waals surface area (Å²) in [5.41, 5.74) is 0.132. The number of hydrogen-bond donors (Lipinski definition) is 0. The predicted octanol–water partition coefficient (Wildman–Crippen LogP) is 2.81. The molecule has 1 saturated carbocycles. The molecule has 0 bridgehead atoms. The highest BCUT2D eigenvalue weighted by atomic mass is 19.3. The molecule has 1 unspecified atom stereocenters. The van der Waals surface area contributed by atoms with Gasteiger partial charge in [0.15, 0.2) is 0 Å². The number of ether oxygens (including phenoxy) is 2. The molecule has 0 N–H and O–H groups in total. The van der Waals surface area contributed by atoms with Gasteiger partial charge in [0.25, 0.3) is 5.56 Å². The van der Waals surface area contributed by atoms with E-state index in [-0.39, 0.29) is 17.4 Å². The summed E-state index contributed by atoms with van der Waals surface area (Å²) in [6.07, 6.45) is 3.69. The van der Waals surface area contributed by atoms with Crippen LogP contribution in [0.25, 0.3) is 10.9 Å². The van der Waals surface area contributed by atoms with Gasteiger partial charge in [-0.25, -0.2) is 4.98 Å². The van der Waals surface area contributed by atoms with Crippen LogP contribution in [0.2, 0.25) is 0 Å². The summed E-state index contributed by atoms with van der Waals surface area (Å²) in [6, 6.07) is 4.16. The Bertz CT molecular complexity index is 744. The quantitative estimate of drug-likeness (QED) is 0.786. The van der Waals surface area contributed by atoms with E-state index in [0.29, 0.717) is 30.0 Å². The number of alkyl halides is 2. The minimum Gasteiger partial charge on any atom is -0.435 e. The Kier molecular flexibility index (Phi) is 4.56. The lowest BCUT2D eigenvalue weighted by Gasteiger charge is -2.17. The fourth-order valence-corrected chi connectivity index (χ4v) is 2.66. The number of fused-ring (bicyclic) bond motifs is 1. The average Bonchev–Trinajstić information content (AvgIpc) is 3.33. The summed E-state index contributed by atoms with van der Waals surface area (Å²) >= 11 is 0. The highest BCUT2D eigenvalue weighted by molar-refractivity contribution is 5.78. The minimum atomic E-state index is -2.90. The molecule has 1 atom stereocenters. The van der Waals surface area contributed by atoms with E-state index in [0.717, 1.165) is 12.8 Å². The van der Waals surface area contributed by atoms with Crippen LogP contribution in [0.15, 0.2) is 29.3 Å². The fourth-order valence-electron chi connectivity index (χ4n) is 2.66. The van der Waals surface area contributed by atoms with Gasteiger partial charge >= 0.3 is 6.61 Å². The molecule has 23 heavy (non-hydrogen) atoms. The van der Waals surface area contributed by atoms with Crippen molar-refractivity contribution in [2.24, 2.45) is 5.92 Å². The van der Waals surface area contributed by atoms with E-state index in [1.54, 1.807) is 0 Å². The van der Waals surface area contributed by atoms with Crippen molar-refractivity contribution in [1.82, 2.24) is 9.55 Å². The third-order valence-corrected chi connectivity index (χ3v) is 3.93. The SMILES string of the molecule is CCOC(Cn1cnc2cc(OC(F)F)ccc2c1=O)C1CC1. The Morgan fingerprint density at radius 3 is 2.83 bits per heavy atom. The van der Waals surface area contributed by atoms with Gasteiger partial charge in [0, 0.05) is 12.7 Å². The lowest BCUT2D eigenvalue weighted by atomic mass is 10.2. The monoisotopic (exact) mass is 324 g/mol. The van der Waals surface area contributed by atoms with E-state index in [2.05, 4.69) is 9.72 Å². The van der Waals surface area contributed by atoms with Crippen molar-refractivity contribution in [1.29, 1.82) is 0 Å². The van der Waals surface area contributed by atoms with E-state index in [9.17, 15) is 13.6 Å². The number of halogens is 2. The van der Waals surface area contributed by atoms with Gasteiger partial charge in [-0.2, -0.15) is 8.78 Å². The van der Waals surface area contributed by atoms with Crippen molar-refractivity contribution in [2.75, 3.05) is 6.61 Å². The van der Waals surface area contributed by atoms with Crippen LogP contribution < -0.4 is 10.3 Å². The predicted molar refractivity (Wildman–Crippen MR) is 80.8 cm³/mol. The number of hydrogen-bond acceptors (Lipinski definition) is 4. The van der Waals surface area contributed by atoms with E-state index < -0.39 is 6.61 Å². The lowest BCUT2D eigenvalue weighted by Crippen LogP contribution is -2.30. The largest absolute Gasteiger partial charge is 0.435 e. The van der Waals surface area contributed by atoms with Gasteiger partial charge in [-0.3, -0.25) is 9.36 Å². The zero-order valence-corrected chi connectivity index (χ0v) is 12.7. The standard InChI is InChI=1S/C16H18F2N2O3/c1-2-22-14(10-3-4-10)8-20-9-19-13-7-11(23-16(17)18)5-6-12(13)15(20)21/h5-7,9-10,14,16H,2-4,8H2,1H3. The molecule has 0 aliphatic heterocycles. The van der Waals surface area contributed by atoms with E-state index >= 15 is 0 Å². The van der Waals surface area contributed by atoms with Crippen LogP contribution in [0.4, 0.5) is 8.78 Å². The van der Waals surface area contributed by atoms with Gasteiger partial charge in [-0.1, -0.05) is 0 Å². The van der Waals surface area contributed by atoms with Gasteiger partial charge in [-0.05, 0) is 37.8 Å². The Balaban J connectivity index is 1.87. The zero-order valence-electron chi connectivity index (χ0n) is 12.7. The molecule has 1 aromatic carbocycles. The maximum atomic E-state index is 12.5. The van der Waals surface area contributed by atoms with Gasteiger partial charge < -0.3 is 9.47 Å². The molecule has 0 radical (unpaired) electrons. The molecule has 1 aromatic heterocycles. The number of nitrogens with zero attached hydrogens (tertiary/aromatic N) is 2. The molecular weight excluding hydrogens is 306 g/mol. The van der Waals surface area contributed by atoms with Crippen molar-refractivity contribution < 1.29 is 18.3 Å². The van der Waals surface area contributed by atoms with E-state index in [1.807, 2.05) is 6.92 Å². The molecule has 0 spiro atoms. The molecular formula is C16H18F2N2O3. The molecule has 3 rings (SSSR count). The summed E-state index contributed by atoms with van der Waals surface area (Å²) in [6.45, 7) is 0.0839. The van der Waals surface area contributed by atoms with Gasteiger partial charge in [0.05, 0.1) is 29.9 Å². The van der Waals surface area contributed by atoms with Crippen LogP contribution in [0.5, 0.6) is 5.75 Å². The number of benzene rings is 1. The van der Waals surface area contributed by atoms with Gasteiger partial charge in [0.1, 0.15) is 5.75 Å². The minimum absolute atomic E-state index is 0.0117. The maximum absolute atomic E-state index is 12.5. The smallest absolute Gasteiger partial charge is 0.387 e. The van der Waals surface area contributed by atoms with Gasteiger partial charge in [0.2, 0.25) is 0 Å². The van der Waals surface area contributed by atoms with E-state index in [1.165, 1.54) is 29.1 Å². The topological polar surface area (TPSA) is 53.4 Å². The van der Waals surface area contributed by atoms with Crippen molar-refractivity contribution >= 4 is 10.9 Å². The second-order valence-corrected chi connectivity index (χ2v) is 5.59. The third-order valence-electron chi connectivity index (χ3n) is 3.93. The highest BCUT2D eigenvalue weighted by Crippen LogP contribution is 2.35. The van der Waals surface area contributed by atoms with E-state index in [4.69, 9.17) is 4.74 Å². The van der Waals surface area contributed by atoms with Crippen LogP contribution in [0, 0.1) is 5.92 Å². The molecule has 1 fully saturated rings. The molecule has 1 heterocycles. The van der Waals surface area contributed by atoms with Crippen molar-refractivity contribution in [3.63, 3.8) is 0 Å². The first-order chi connectivity index (χ1) is 11.1. The molecule has 7 heteroatoms. The normalized spacial score (nSPS) is 16.0. The third kappa shape index (κ3) is 3.67. The summed E-state index contributed by atoms with van der Waals surface area (Å²) in [7, 11) is 0. The average molecular weight is 324 g/mol. The Labute approximate surface area is 131 Å². The van der Waals surface area contributed by atoms with Crippen LogP contribution in [-0.2, 0) is 11.3 Å². The van der Waals surface area contributed by atoms with Crippen LogP contribution in [0.3, 0.4) is 0 Å². The molecule has 2 aromatic rings. The molecule has 1 aliphatic rings. The lowest BCUT2D eigenvalue weighted by molar-refractivity contribution is -0.0497. The molecule has 0 saturated heterocycles. The first-order valence-electron chi connectivity index (χ1n) is 7.64. The highest BCUT2D eigenvalue weighted by Gasteiger charge is 2.32. The molecule has 1 aliphatic carbocycles. The second-order valence-electron chi connectivity index (χ2n) is 5.59. The van der Waals surface area contributed by atoms with Crippen molar-refractivity contribution in [3.05, 3.63) is 34.9 Å². The maximum Gasteiger partial charge on any atom is 0.387 e. The molecule has 0 amide bonds. The van der Waals surface area contributed by atoms with Crippen LogP contribution in [-0.4, -0.2) is 28.9 Å². The second kappa shape index (κ2) is 6.62. The summed E-state index contributed by atoms with van der Waals surface area (Å²) in [5.74, 6) is 0.488. The Hall–Kier alpha value is -2.02. The summed E-state index contributed by atoms with van der Waals surface area (Å²) in [5, 5.41) is 0.375. The summed E-state index contributed by atoms with van der Waals surface area (Å²) in [4.78, 5) is 16.7.